The summed E-state index contributed by atoms with van der Waals surface area (Å²) in [7, 11) is -4.19. The SMILES string of the molecule is Cc1ccn([C@@H]2O[C@H](CO[P@](=O)(N[C@H](C)C(=O)OC(C)C)Oc3ccccc3)[C@@H](O)[C@@]2(C)N)c(=O)n1. The van der Waals surface area contributed by atoms with Crippen molar-refractivity contribution < 1.29 is 33.0 Å². The normalized spacial score (nSPS) is 26.4. The number of carbonyl (C=O) groups excluding carboxylic acids is 1. The molecule has 0 amide bonds. The van der Waals surface area contributed by atoms with Crippen LogP contribution >= 0.6 is 7.75 Å². The summed E-state index contributed by atoms with van der Waals surface area (Å²) in [5.74, 6) is -0.423. The molecule has 6 atom stereocenters. The van der Waals surface area contributed by atoms with E-state index in [1.165, 1.54) is 24.6 Å². The Labute approximate surface area is 209 Å². The minimum Gasteiger partial charge on any atom is -0.462 e. The maximum atomic E-state index is 13.7. The zero-order chi connectivity index (χ0) is 26.7. The van der Waals surface area contributed by atoms with E-state index in [9.17, 15) is 19.3 Å². The summed E-state index contributed by atoms with van der Waals surface area (Å²) in [6, 6.07) is 8.82. The molecule has 2 aromatic rings. The molecule has 3 rings (SSSR count). The average molecular weight is 525 g/mol. The molecule has 0 spiro atoms. The predicted octanol–water partition coefficient (Wildman–Crippen LogP) is 1.66. The Hall–Kier alpha value is -2.60. The van der Waals surface area contributed by atoms with Crippen molar-refractivity contribution in [3.8, 4) is 5.75 Å². The van der Waals surface area contributed by atoms with Crippen LogP contribution in [-0.4, -0.2) is 57.1 Å². The topological polar surface area (TPSA) is 164 Å². The van der Waals surface area contributed by atoms with Crippen molar-refractivity contribution >= 4 is 13.7 Å². The summed E-state index contributed by atoms with van der Waals surface area (Å²) in [6.45, 7) is 7.60. The van der Waals surface area contributed by atoms with Crippen molar-refractivity contribution in [2.24, 2.45) is 5.73 Å². The second-order valence-electron chi connectivity index (χ2n) is 9.13. The van der Waals surface area contributed by atoms with Crippen molar-refractivity contribution in [3.05, 3.63) is 58.8 Å². The molecule has 0 bridgehead atoms. The number of aromatic nitrogens is 2. The van der Waals surface area contributed by atoms with Crippen molar-refractivity contribution in [2.45, 2.75) is 70.7 Å². The quantitative estimate of drug-likeness (QED) is 0.306. The number of carbonyl (C=O) groups is 1. The smallest absolute Gasteiger partial charge is 0.459 e. The van der Waals surface area contributed by atoms with Crippen LogP contribution in [0.1, 0.15) is 39.6 Å². The number of esters is 1. The Morgan fingerprint density at radius 1 is 1.31 bits per heavy atom. The Morgan fingerprint density at radius 2 is 1.97 bits per heavy atom. The molecule has 0 unspecified atom stereocenters. The molecule has 1 aromatic carbocycles. The van der Waals surface area contributed by atoms with E-state index in [-0.39, 0.29) is 11.9 Å². The number of hydrogen-bond acceptors (Lipinski definition) is 10. The van der Waals surface area contributed by atoms with E-state index in [0.717, 1.165) is 0 Å². The fourth-order valence-electron chi connectivity index (χ4n) is 3.61. The lowest BCUT2D eigenvalue weighted by molar-refractivity contribution is -0.149. The summed E-state index contributed by atoms with van der Waals surface area (Å²) in [5, 5.41) is 13.4. The van der Waals surface area contributed by atoms with E-state index in [0.29, 0.717) is 5.69 Å². The predicted molar refractivity (Wildman–Crippen MR) is 130 cm³/mol. The number of benzene rings is 1. The number of para-hydroxylation sites is 1. The van der Waals surface area contributed by atoms with Gasteiger partial charge in [0.15, 0.2) is 6.23 Å². The standard InChI is InChI=1S/C23H33N4O8P/c1-14(2)33-20(29)16(4)26-36(31,35-17-9-7-6-8-10-17)32-13-18-19(28)23(5,24)21(34-18)27-12-11-15(3)25-22(27)30/h6-12,14,16,18-19,21,28H,13,24H2,1-5H3,(H,26,31)/t16-,18-,19-,21-,23-,36-/m1/s1. The van der Waals surface area contributed by atoms with Crippen LogP contribution in [0.3, 0.4) is 0 Å². The van der Waals surface area contributed by atoms with Gasteiger partial charge < -0.3 is 24.8 Å². The van der Waals surface area contributed by atoms with Gasteiger partial charge in [-0.2, -0.15) is 10.1 Å². The van der Waals surface area contributed by atoms with Crippen LogP contribution in [0, 0.1) is 6.92 Å². The van der Waals surface area contributed by atoms with Crippen molar-refractivity contribution in [1.29, 1.82) is 0 Å². The van der Waals surface area contributed by atoms with Gasteiger partial charge in [-0.05, 0) is 52.8 Å². The molecule has 0 radical (unpaired) electrons. The van der Waals surface area contributed by atoms with Gasteiger partial charge in [-0.25, -0.2) is 9.36 Å². The van der Waals surface area contributed by atoms with Gasteiger partial charge in [-0.1, -0.05) is 18.2 Å². The lowest BCUT2D eigenvalue weighted by atomic mass is 9.93. The number of hydrogen-bond donors (Lipinski definition) is 3. The Bertz CT molecular complexity index is 1160. The van der Waals surface area contributed by atoms with Crippen LogP contribution in [0.5, 0.6) is 5.75 Å². The highest BCUT2D eigenvalue weighted by atomic mass is 31.2. The molecular formula is C23H33N4O8P. The van der Waals surface area contributed by atoms with E-state index in [1.807, 2.05) is 0 Å². The molecule has 0 aliphatic carbocycles. The molecule has 1 aromatic heterocycles. The fraction of sp³-hybridized carbons (Fsp3) is 0.522. The fourth-order valence-corrected chi connectivity index (χ4v) is 5.11. The van der Waals surface area contributed by atoms with Gasteiger partial charge in [0, 0.05) is 11.9 Å². The summed E-state index contributed by atoms with van der Waals surface area (Å²) in [5.41, 5.74) is 4.85. The minimum atomic E-state index is -4.19. The lowest BCUT2D eigenvalue weighted by Crippen LogP contribution is -2.53. The molecule has 1 saturated heterocycles. The molecular weight excluding hydrogens is 491 g/mol. The highest BCUT2D eigenvalue weighted by Crippen LogP contribution is 2.46. The average Bonchev–Trinajstić information content (AvgIpc) is 3.01. The van der Waals surface area contributed by atoms with E-state index >= 15 is 0 Å². The van der Waals surface area contributed by atoms with Crippen LogP contribution in [0.15, 0.2) is 47.4 Å². The number of aliphatic hydroxyl groups excluding tert-OH is 1. The summed E-state index contributed by atoms with van der Waals surface area (Å²) in [4.78, 5) is 28.6. The molecule has 198 valence electrons. The van der Waals surface area contributed by atoms with Crippen molar-refractivity contribution in [1.82, 2.24) is 14.6 Å². The summed E-state index contributed by atoms with van der Waals surface area (Å²) in [6.07, 6.45) is -2.35. The van der Waals surface area contributed by atoms with Crippen LogP contribution in [0.2, 0.25) is 0 Å². The van der Waals surface area contributed by atoms with Gasteiger partial charge in [0.1, 0.15) is 24.0 Å². The third kappa shape index (κ3) is 6.58. The number of nitrogens with one attached hydrogen (secondary N) is 1. The maximum Gasteiger partial charge on any atom is 0.459 e. The molecule has 1 fully saturated rings. The van der Waals surface area contributed by atoms with Crippen LogP contribution in [-0.2, 0) is 23.4 Å². The zero-order valence-corrected chi connectivity index (χ0v) is 21.8. The van der Waals surface area contributed by atoms with Gasteiger partial charge in [0.05, 0.1) is 18.2 Å². The van der Waals surface area contributed by atoms with Gasteiger partial charge in [-0.15, -0.1) is 0 Å². The zero-order valence-electron chi connectivity index (χ0n) is 20.9. The second kappa shape index (κ2) is 11.2. The number of nitrogens with zero attached hydrogens (tertiary/aromatic N) is 2. The molecule has 36 heavy (non-hydrogen) atoms. The first-order valence-electron chi connectivity index (χ1n) is 11.5. The third-order valence-electron chi connectivity index (χ3n) is 5.48. The molecule has 1 aliphatic rings. The number of ether oxygens (including phenoxy) is 2. The van der Waals surface area contributed by atoms with E-state index < -0.39 is 56.0 Å². The van der Waals surface area contributed by atoms with Gasteiger partial charge in [0.25, 0.3) is 0 Å². The molecule has 12 nitrogen and oxygen atoms in total. The third-order valence-corrected chi connectivity index (χ3v) is 7.13. The molecule has 0 saturated carbocycles. The van der Waals surface area contributed by atoms with Crippen LogP contribution < -0.4 is 21.0 Å². The molecule has 4 N–H and O–H groups in total. The van der Waals surface area contributed by atoms with Gasteiger partial charge >= 0.3 is 19.4 Å². The lowest BCUT2D eigenvalue weighted by Gasteiger charge is -2.28. The minimum absolute atomic E-state index is 0.226. The number of aryl methyl sites for hydroxylation is 1. The largest absolute Gasteiger partial charge is 0.462 e. The maximum absolute atomic E-state index is 13.7. The highest BCUT2D eigenvalue weighted by molar-refractivity contribution is 7.52. The Kier molecular flexibility index (Phi) is 8.71. The monoisotopic (exact) mass is 524 g/mol. The number of nitrogens with two attached hydrogens (primary N) is 1. The van der Waals surface area contributed by atoms with Crippen molar-refractivity contribution in [3.63, 3.8) is 0 Å². The first-order chi connectivity index (χ1) is 16.8. The summed E-state index contributed by atoms with van der Waals surface area (Å²) < 4.78 is 37.1. The van der Waals surface area contributed by atoms with Gasteiger partial charge in [0.2, 0.25) is 0 Å². The summed E-state index contributed by atoms with van der Waals surface area (Å²) >= 11 is 0. The van der Waals surface area contributed by atoms with E-state index in [2.05, 4.69) is 10.1 Å². The first kappa shape index (κ1) is 28.0. The van der Waals surface area contributed by atoms with Crippen LogP contribution in [0.25, 0.3) is 0 Å². The van der Waals surface area contributed by atoms with Crippen LogP contribution in [0.4, 0.5) is 0 Å². The Balaban J connectivity index is 1.79. The second-order valence-corrected chi connectivity index (χ2v) is 10.8. The molecule has 1 aliphatic heterocycles. The highest BCUT2D eigenvalue weighted by Gasteiger charge is 2.52. The molecule has 2 heterocycles. The number of rotatable bonds is 10. The first-order valence-corrected chi connectivity index (χ1v) is 13.0. The van der Waals surface area contributed by atoms with Crippen molar-refractivity contribution in [2.75, 3.05) is 6.61 Å². The molecule has 13 heteroatoms. The number of aliphatic hydroxyl groups is 1. The Morgan fingerprint density at radius 3 is 2.58 bits per heavy atom. The van der Waals surface area contributed by atoms with E-state index in [1.54, 1.807) is 57.2 Å². The van der Waals surface area contributed by atoms with E-state index in [4.69, 9.17) is 24.3 Å². The van der Waals surface area contributed by atoms with Gasteiger partial charge in [-0.3, -0.25) is 13.9 Å².